The lowest BCUT2D eigenvalue weighted by atomic mass is 10.1. The first-order valence-corrected chi connectivity index (χ1v) is 9.46. The van der Waals surface area contributed by atoms with Gasteiger partial charge < -0.3 is 19.5 Å². The summed E-state index contributed by atoms with van der Waals surface area (Å²) in [4.78, 5) is 20.8. The summed E-state index contributed by atoms with van der Waals surface area (Å²) in [6.45, 7) is 1.21. The largest absolute Gasteiger partial charge is 0.490 e. The second kappa shape index (κ2) is 9.16. The topological polar surface area (TPSA) is 82.6 Å². The van der Waals surface area contributed by atoms with E-state index < -0.39 is 0 Å². The highest BCUT2D eigenvalue weighted by Gasteiger charge is 2.18. The summed E-state index contributed by atoms with van der Waals surface area (Å²) in [6, 6.07) is 14.2. The molecule has 1 N–H and O–H groups in total. The minimum absolute atomic E-state index is 0.0907. The molecule has 1 aliphatic rings. The predicted molar refractivity (Wildman–Crippen MR) is 107 cm³/mol. The van der Waals surface area contributed by atoms with Gasteiger partial charge in [-0.15, -0.1) is 0 Å². The first kappa shape index (κ1) is 18.9. The van der Waals surface area contributed by atoms with E-state index in [1.54, 1.807) is 48.8 Å². The third-order valence-corrected chi connectivity index (χ3v) is 4.45. The van der Waals surface area contributed by atoms with Gasteiger partial charge in [0, 0.05) is 24.7 Å². The van der Waals surface area contributed by atoms with Crippen LogP contribution >= 0.6 is 0 Å². The average Bonchev–Trinajstić information content (AvgIpc) is 3.28. The van der Waals surface area contributed by atoms with Crippen LogP contribution in [0.15, 0.2) is 67.1 Å². The van der Waals surface area contributed by atoms with Crippen molar-refractivity contribution in [3.05, 3.63) is 72.7 Å². The van der Waals surface area contributed by atoms with Crippen LogP contribution < -0.4 is 14.8 Å². The zero-order valence-electron chi connectivity index (χ0n) is 15.8. The summed E-state index contributed by atoms with van der Waals surface area (Å²) in [5.41, 5.74) is 1.13. The van der Waals surface area contributed by atoms with Crippen molar-refractivity contribution in [2.75, 3.05) is 18.5 Å². The monoisotopic (exact) mass is 391 g/mol. The third kappa shape index (κ3) is 5.08. The molecule has 0 spiro atoms. The van der Waals surface area contributed by atoms with E-state index in [2.05, 4.69) is 15.3 Å². The molecule has 0 unspecified atom stereocenters. The number of hydrogen-bond donors (Lipinski definition) is 1. The molecule has 2 heterocycles. The highest BCUT2D eigenvalue weighted by atomic mass is 16.5. The van der Waals surface area contributed by atoms with Crippen LogP contribution in [0.2, 0.25) is 0 Å². The Morgan fingerprint density at radius 2 is 2.00 bits per heavy atom. The number of nitrogens with one attached hydrogen (secondary N) is 1. The number of anilines is 1. The number of aromatic nitrogens is 2. The minimum Gasteiger partial charge on any atom is -0.490 e. The Balaban J connectivity index is 1.38. The number of rotatable bonds is 7. The molecule has 0 radical (unpaired) electrons. The molecule has 1 fully saturated rings. The standard InChI is InChI=1S/C22H21N3O4/c26-22(19-5-1-2-6-20(19)28-15-18-4-3-13-27-18)25-16-7-9-17(10-8-16)29-21-14-23-11-12-24-21/h1-2,5-12,14,18H,3-4,13,15H2,(H,25,26)/t18-/m0/s1. The molecule has 1 amide bonds. The van der Waals surface area contributed by atoms with E-state index in [0.29, 0.717) is 35.2 Å². The van der Waals surface area contributed by atoms with Gasteiger partial charge in [-0.1, -0.05) is 12.1 Å². The van der Waals surface area contributed by atoms with Crippen LogP contribution in [-0.4, -0.2) is 35.2 Å². The average molecular weight is 391 g/mol. The lowest BCUT2D eigenvalue weighted by Crippen LogP contribution is -2.19. The Labute approximate surface area is 168 Å². The fourth-order valence-corrected chi connectivity index (χ4v) is 3.00. The number of amides is 1. The second-order valence-corrected chi connectivity index (χ2v) is 6.57. The number of carbonyl (C=O) groups is 1. The molecule has 1 atom stereocenters. The molecule has 2 aromatic carbocycles. The maximum Gasteiger partial charge on any atom is 0.259 e. The van der Waals surface area contributed by atoms with Gasteiger partial charge in [0.2, 0.25) is 5.88 Å². The van der Waals surface area contributed by atoms with Crippen molar-refractivity contribution in [1.29, 1.82) is 0 Å². The Morgan fingerprint density at radius 3 is 2.76 bits per heavy atom. The summed E-state index contributed by atoms with van der Waals surface area (Å²) in [5, 5.41) is 2.88. The molecule has 0 saturated carbocycles. The number of carbonyl (C=O) groups excluding carboxylic acids is 1. The Kier molecular flexibility index (Phi) is 5.97. The van der Waals surface area contributed by atoms with Crippen LogP contribution in [-0.2, 0) is 4.74 Å². The molecule has 7 heteroatoms. The molecule has 3 aromatic rings. The fraction of sp³-hybridized carbons (Fsp3) is 0.227. The van der Waals surface area contributed by atoms with E-state index in [-0.39, 0.29) is 12.0 Å². The van der Waals surface area contributed by atoms with Crippen LogP contribution in [0.5, 0.6) is 17.4 Å². The summed E-state index contributed by atoms with van der Waals surface area (Å²) in [6.07, 6.45) is 6.79. The molecule has 1 aliphatic heterocycles. The summed E-state index contributed by atoms with van der Waals surface area (Å²) < 4.78 is 17.0. The lowest BCUT2D eigenvalue weighted by molar-refractivity contribution is 0.0673. The normalized spacial score (nSPS) is 15.7. The van der Waals surface area contributed by atoms with Crippen molar-refractivity contribution in [2.24, 2.45) is 0 Å². The van der Waals surface area contributed by atoms with Crippen molar-refractivity contribution in [3.8, 4) is 17.4 Å². The maximum absolute atomic E-state index is 12.7. The van der Waals surface area contributed by atoms with Crippen molar-refractivity contribution in [1.82, 2.24) is 9.97 Å². The number of hydrogen-bond acceptors (Lipinski definition) is 6. The van der Waals surface area contributed by atoms with Crippen molar-refractivity contribution < 1.29 is 19.0 Å². The van der Waals surface area contributed by atoms with Crippen LogP contribution in [0.4, 0.5) is 5.69 Å². The van der Waals surface area contributed by atoms with Gasteiger partial charge >= 0.3 is 0 Å². The molecule has 7 nitrogen and oxygen atoms in total. The zero-order valence-corrected chi connectivity index (χ0v) is 15.8. The molecular weight excluding hydrogens is 370 g/mol. The van der Waals surface area contributed by atoms with E-state index in [1.807, 2.05) is 12.1 Å². The predicted octanol–water partition coefficient (Wildman–Crippen LogP) is 4.08. The number of para-hydroxylation sites is 1. The summed E-state index contributed by atoms with van der Waals surface area (Å²) in [5.74, 6) is 1.31. The maximum atomic E-state index is 12.7. The molecule has 1 saturated heterocycles. The fourth-order valence-electron chi connectivity index (χ4n) is 3.00. The lowest BCUT2D eigenvalue weighted by Gasteiger charge is -2.14. The van der Waals surface area contributed by atoms with Gasteiger partial charge in [-0.25, -0.2) is 4.98 Å². The van der Waals surface area contributed by atoms with E-state index >= 15 is 0 Å². The van der Waals surface area contributed by atoms with Gasteiger partial charge in [-0.3, -0.25) is 9.78 Å². The first-order valence-electron chi connectivity index (χ1n) is 9.46. The Morgan fingerprint density at radius 1 is 1.14 bits per heavy atom. The van der Waals surface area contributed by atoms with Crippen molar-refractivity contribution in [2.45, 2.75) is 18.9 Å². The minimum atomic E-state index is -0.240. The Hall–Kier alpha value is -3.45. The van der Waals surface area contributed by atoms with Crippen molar-refractivity contribution >= 4 is 11.6 Å². The van der Waals surface area contributed by atoms with Gasteiger partial charge in [-0.2, -0.15) is 0 Å². The van der Waals surface area contributed by atoms with Crippen LogP contribution in [0.3, 0.4) is 0 Å². The number of nitrogens with zero attached hydrogens (tertiary/aromatic N) is 2. The molecule has 4 rings (SSSR count). The SMILES string of the molecule is O=C(Nc1ccc(Oc2cnccn2)cc1)c1ccccc1OC[C@@H]1CCCO1. The van der Waals surface area contributed by atoms with Gasteiger partial charge in [0.1, 0.15) is 18.1 Å². The molecule has 0 aliphatic carbocycles. The van der Waals surface area contributed by atoms with E-state index in [0.717, 1.165) is 19.4 Å². The summed E-state index contributed by atoms with van der Waals surface area (Å²) in [7, 11) is 0. The molecule has 29 heavy (non-hydrogen) atoms. The van der Waals surface area contributed by atoms with Crippen LogP contribution in [0.25, 0.3) is 0 Å². The molecule has 1 aromatic heterocycles. The van der Waals surface area contributed by atoms with Gasteiger partial charge in [0.15, 0.2) is 0 Å². The van der Waals surface area contributed by atoms with Gasteiger partial charge in [0.25, 0.3) is 5.91 Å². The Bertz CT molecular complexity index is 942. The zero-order chi connectivity index (χ0) is 19.9. The van der Waals surface area contributed by atoms with Crippen LogP contribution in [0.1, 0.15) is 23.2 Å². The number of ether oxygens (including phenoxy) is 3. The van der Waals surface area contributed by atoms with Crippen LogP contribution in [0, 0.1) is 0 Å². The quantitative estimate of drug-likeness (QED) is 0.653. The smallest absolute Gasteiger partial charge is 0.259 e. The number of benzene rings is 2. The molecule has 148 valence electrons. The molecule has 0 bridgehead atoms. The highest BCUT2D eigenvalue weighted by Crippen LogP contribution is 2.24. The van der Waals surface area contributed by atoms with Crippen molar-refractivity contribution in [3.63, 3.8) is 0 Å². The van der Waals surface area contributed by atoms with E-state index in [4.69, 9.17) is 14.2 Å². The molecular formula is C22H21N3O4. The summed E-state index contributed by atoms with van der Waals surface area (Å²) >= 11 is 0. The van der Waals surface area contributed by atoms with Gasteiger partial charge in [-0.05, 0) is 49.2 Å². The van der Waals surface area contributed by atoms with E-state index in [1.165, 1.54) is 6.20 Å². The highest BCUT2D eigenvalue weighted by molar-refractivity contribution is 6.06. The first-order chi connectivity index (χ1) is 14.3. The van der Waals surface area contributed by atoms with Gasteiger partial charge in [0.05, 0.1) is 17.9 Å². The second-order valence-electron chi connectivity index (χ2n) is 6.57. The van der Waals surface area contributed by atoms with E-state index in [9.17, 15) is 4.79 Å². The third-order valence-electron chi connectivity index (χ3n) is 4.45.